The highest BCUT2D eigenvalue weighted by atomic mass is 35.5. The number of amides is 2. The van der Waals surface area contributed by atoms with Crippen LogP contribution in [0.5, 0.6) is 11.5 Å². The van der Waals surface area contributed by atoms with Crippen molar-refractivity contribution < 1.29 is 14.3 Å². The molecule has 0 aliphatic carbocycles. The summed E-state index contributed by atoms with van der Waals surface area (Å²) in [6.07, 6.45) is 2.49. The smallest absolute Gasteiger partial charge is 0.251 e. The van der Waals surface area contributed by atoms with Crippen molar-refractivity contribution in [3.05, 3.63) is 89.4 Å². The van der Waals surface area contributed by atoms with Gasteiger partial charge in [0, 0.05) is 11.3 Å². The van der Waals surface area contributed by atoms with E-state index in [1.54, 1.807) is 72.4 Å². The van der Waals surface area contributed by atoms with Crippen LogP contribution in [0.3, 0.4) is 0 Å². The quantitative estimate of drug-likeness (QED) is 0.440. The van der Waals surface area contributed by atoms with Crippen LogP contribution in [0.4, 0.5) is 5.69 Å². The summed E-state index contributed by atoms with van der Waals surface area (Å²) in [5, 5.41) is 6.22. The van der Waals surface area contributed by atoms with E-state index in [0.717, 1.165) is 5.75 Å². The number of benzene rings is 3. The van der Waals surface area contributed by atoms with Gasteiger partial charge in [0.25, 0.3) is 5.91 Å². The molecule has 0 radical (unpaired) electrons. The number of ether oxygens (including phenoxy) is 1. The molecule has 0 heterocycles. The van der Waals surface area contributed by atoms with Gasteiger partial charge in [-0.1, -0.05) is 41.9 Å². The molecule has 160 valence electrons. The Balaban J connectivity index is 1.63. The molecule has 0 aromatic heterocycles. The number of thioether (sulfide) groups is 1. The Labute approximate surface area is 191 Å². The first-order valence-electron chi connectivity index (χ1n) is 9.75. The van der Waals surface area contributed by atoms with E-state index < -0.39 is 6.04 Å². The topological polar surface area (TPSA) is 67.4 Å². The molecule has 0 bridgehead atoms. The zero-order valence-corrected chi connectivity index (χ0v) is 18.6. The van der Waals surface area contributed by atoms with Crippen LogP contribution in [0.1, 0.15) is 16.8 Å². The second kappa shape index (κ2) is 11.4. The molecule has 2 N–H and O–H groups in total. The van der Waals surface area contributed by atoms with Gasteiger partial charge in [-0.25, -0.2) is 0 Å². The second-order valence-corrected chi connectivity index (χ2v) is 8.11. The third-order valence-electron chi connectivity index (χ3n) is 4.45. The maximum Gasteiger partial charge on any atom is 0.251 e. The second-order valence-electron chi connectivity index (χ2n) is 6.72. The van der Waals surface area contributed by atoms with Crippen LogP contribution in [0.2, 0.25) is 5.02 Å². The van der Waals surface area contributed by atoms with E-state index >= 15 is 0 Å². The Morgan fingerprint density at radius 3 is 2.32 bits per heavy atom. The highest BCUT2D eigenvalue weighted by Gasteiger charge is 2.21. The van der Waals surface area contributed by atoms with Gasteiger partial charge < -0.3 is 15.4 Å². The summed E-state index contributed by atoms with van der Waals surface area (Å²) in [5.74, 6) is 1.37. The number of rotatable bonds is 9. The Kier molecular flexibility index (Phi) is 8.38. The maximum absolute atomic E-state index is 12.8. The molecule has 3 aromatic carbocycles. The largest absolute Gasteiger partial charge is 0.456 e. The van der Waals surface area contributed by atoms with Gasteiger partial charge in [0.05, 0.1) is 5.02 Å². The fraction of sp³-hybridized carbons (Fsp3) is 0.167. The molecule has 0 fully saturated rings. The molecule has 0 spiro atoms. The number of anilines is 1. The van der Waals surface area contributed by atoms with Crippen molar-refractivity contribution in [2.24, 2.45) is 0 Å². The minimum absolute atomic E-state index is 0.266. The number of hydrogen-bond donors (Lipinski definition) is 2. The summed E-state index contributed by atoms with van der Waals surface area (Å²) in [4.78, 5) is 25.3. The van der Waals surface area contributed by atoms with Crippen molar-refractivity contribution in [3.63, 3.8) is 0 Å². The number of carbonyl (C=O) groups is 2. The minimum atomic E-state index is -0.640. The van der Waals surface area contributed by atoms with E-state index in [0.29, 0.717) is 34.2 Å². The summed E-state index contributed by atoms with van der Waals surface area (Å²) in [5.41, 5.74) is 1.13. The standard InChI is InChI=1S/C24H23ClN2O3S/c1-31-16-15-21(27-23(28)17-7-3-2-4-8-17)24(29)26-18-11-13-19(14-12-18)30-22-10-6-5-9-20(22)25/h2-14,21H,15-16H2,1H3,(H,26,29)(H,27,28). The summed E-state index contributed by atoms with van der Waals surface area (Å²) in [6.45, 7) is 0. The van der Waals surface area contributed by atoms with E-state index in [1.165, 1.54) is 0 Å². The van der Waals surface area contributed by atoms with Gasteiger partial charge in [0.2, 0.25) is 5.91 Å². The molecule has 0 saturated heterocycles. The SMILES string of the molecule is CSCCC(NC(=O)c1ccccc1)C(=O)Nc1ccc(Oc2ccccc2Cl)cc1. The Hall–Kier alpha value is -2.96. The molecule has 0 saturated carbocycles. The fourth-order valence-corrected chi connectivity index (χ4v) is 3.47. The Morgan fingerprint density at radius 2 is 1.65 bits per heavy atom. The van der Waals surface area contributed by atoms with E-state index in [9.17, 15) is 9.59 Å². The molecule has 1 atom stereocenters. The van der Waals surface area contributed by atoms with Gasteiger partial charge in [0.1, 0.15) is 17.5 Å². The van der Waals surface area contributed by atoms with Crippen LogP contribution in [0, 0.1) is 0 Å². The molecule has 3 rings (SSSR count). The van der Waals surface area contributed by atoms with Crippen molar-refractivity contribution in [2.75, 3.05) is 17.3 Å². The zero-order valence-electron chi connectivity index (χ0n) is 17.0. The number of carbonyl (C=O) groups excluding carboxylic acids is 2. The van der Waals surface area contributed by atoms with E-state index in [-0.39, 0.29) is 11.8 Å². The summed E-state index contributed by atoms with van der Waals surface area (Å²) in [6, 6.07) is 22.4. The highest BCUT2D eigenvalue weighted by Crippen LogP contribution is 2.29. The van der Waals surface area contributed by atoms with Crippen LogP contribution < -0.4 is 15.4 Å². The molecule has 1 unspecified atom stereocenters. The van der Waals surface area contributed by atoms with Gasteiger partial charge in [-0.05, 0) is 67.0 Å². The van der Waals surface area contributed by atoms with Gasteiger partial charge >= 0.3 is 0 Å². The third-order valence-corrected chi connectivity index (χ3v) is 5.41. The van der Waals surface area contributed by atoms with E-state index in [4.69, 9.17) is 16.3 Å². The zero-order chi connectivity index (χ0) is 22.1. The fourth-order valence-electron chi connectivity index (χ4n) is 2.83. The molecular weight excluding hydrogens is 432 g/mol. The lowest BCUT2D eigenvalue weighted by Crippen LogP contribution is -2.44. The lowest BCUT2D eigenvalue weighted by atomic mass is 10.1. The highest BCUT2D eigenvalue weighted by molar-refractivity contribution is 7.98. The van der Waals surface area contributed by atoms with Crippen LogP contribution >= 0.6 is 23.4 Å². The minimum Gasteiger partial charge on any atom is -0.456 e. The van der Waals surface area contributed by atoms with Gasteiger partial charge in [0.15, 0.2) is 0 Å². The summed E-state index contributed by atoms with van der Waals surface area (Å²) >= 11 is 7.74. The Bertz CT molecular complexity index is 1010. The van der Waals surface area contributed by atoms with Gasteiger partial charge in [-0.2, -0.15) is 11.8 Å². The first kappa shape index (κ1) is 22.7. The van der Waals surface area contributed by atoms with Crippen molar-refractivity contribution in [1.82, 2.24) is 5.32 Å². The lowest BCUT2D eigenvalue weighted by Gasteiger charge is -2.18. The molecule has 31 heavy (non-hydrogen) atoms. The van der Waals surface area contributed by atoms with Crippen LogP contribution in [0.15, 0.2) is 78.9 Å². The molecule has 7 heteroatoms. The molecule has 3 aromatic rings. The number of halogens is 1. The first-order valence-corrected chi connectivity index (χ1v) is 11.5. The lowest BCUT2D eigenvalue weighted by molar-refractivity contribution is -0.118. The predicted octanol–water partition coefficient (Wildman–Crippen LogP) is 5.62. The molecule has 2 amide bonds. The summed E-state index contributed by atoms with van der Waals surface area (Å²) in [7, 11) is 0. The first-order chi connectivity index (χ1) is 15.1. The van der Waals surface area contributed by atoms with E-state index in [2.05, 4.69) is 10.6 Å². The summed E-state index contributed by atoms with van der Waals surface area (Å²) < 4.78 is 5.77. The van der Waals surface area contributed by atoms with Crippen molar-refractivity contribution >= 4 is 40.9 Å². The van der Waals surface area contributed by atoms with Crippen LogP contribution in [0.25, 0.3) is 0 Å². The molecule has 0 aliphatic heterocycles. The van der Waals surface area contributed by atoms with Gasteiger partial charge in [-0.15, -0.1) is 0 Å². The monoisotopic (exact) mass is 454 g/mol. The van der Waals surface area contributed by atoms with Crippen molar-refractivity contribution in [2.45, 2.75) is 12.5 Å². The maximum atomic E-state index is 12.8. The number of hydrogen-bond acceptors (Lipinski definition) is 4. The normalized spacial score (nSPS) is 11.4. The predicted molar refractivity (Wildman–Crippen MR) is 127 cm³/mol. The molecular formula is C24H23ClN2O3S. The van der Waals surface area contributed by atoms with Crippen LogP contribution in [-0.2, 0) is 4.79 Å². The molecule has 0 aliphatic rings. The van der Waals surface area contributed by atoms with Crippen molar-refractivity contribution in [3.8, 4) is 11.5 Å². The van der Waals surface area contributed by atoms with E-state index in [1.807, 2.05) is 24.5 Å². The average Bonchev–Trinajstić information content (AvgIpc) is 2.79. The Morgan fingerprint density at radius 1 is 0.968 bits per heavy atom. The van der Waals surface area contributed by atoms with Gasteiger partial charge in [-0.3, -0.25) is 9.59 Å². The average molecular weight is 455 g/mol. The number of para-hydroxylation sites is 1. The third kappa shape index (κ3) is 6.77. The van der Waals surface area contributed by atoms with Crippen molar-refractivity contribution in [1.29, 1.82) is 0 Å². The van der Waals surface area contributed by atoms with Crippen LogP contribution in [-0.4, -0.2) is 29.9 Å². The number of nitrogens with one attached hydrogen (secondary N) is 2. The molecule has 5 nitrogen and oxygen atoms in total.